The first kappa shape index (κ1) is 16.0. The number of benzene rings is 1. The van der Waals surface area contributed by atoms with Gasteiger partial charge in [0, 0.05) is 16.7 Å². The van der Waals surface area contributed by atoms with Crippen molar-refractivity contribution >= 4 is 16.4 Å². The van der Waals surface area contributed by atoms with E-state index in [0.717, 1.165) is 11.3 Å². The molecular weight excluding hydrogens is 300 g/mol. The third kappa shape index (κ3) is 3.65. The van der Waals surface area contributed by atoms with Crippen LogP contribution >= 0.6 is 0 Å². The summed E-state index contributed by atoms with van der Waals surface area (Å²) >= 11 is 0. The summed E-state index contributed by atoms with van der Waals surface area (Å²) < 4.78 is 24.4. The topological polar surface area (TPSA) is 76.5 Å². The Balaban J connectivity index is 2.69. The van der Waals surface area contributed by atoms with Crippen molar-refractivity contribution in [2.75, 3.05) is 0 Å². The minimum absolute atomic E-state index is 0.170. The molecule has 0 aliphatic carbocycles. The van der Waals surface area contributed by atoms with E-state index in [1.54, 1.807) is 12.1 Å². The van der Waals surface area contributed by atoms with E-state index in [0.29, 0.717) is 5.69 Å². The molecule has 0 unspecified atom stereocenters. The second kappa shape index (κ2) is 6.19. The summed E-state index contributed by atoms with van der Waals surface area (Å²) in [5.74, 6) is -0.819. The fraction of sp³-hybridized carbons (Fsp3) is 0.250. The Morgan fingerprint density at radius 3 is 2.23 bits per heavy atom. The highest BCUT2D eigenvalue weighted by atomic mass is 32.2. The van der Waals surface area contributed by atoms with Crippen molar-refractivity contribution in [2.45, 2.75) is 26.2 Å². The highest BCUT2D eigenvalue weighted by Gasteiger charge is 2.20. The summed E-state index contributed by atoms with van der Waals surface area (Å²) in [4.78, 5) is 16.6. The van der Waals surface area contributed by atoms with E-state index in [1.165, 1.54) is 0 Å². The Labute approximate surface area is 130 Å². The number of pyridine rings is 1. The maximum absolute atomic E-state index is 12.0. The molecule has 0 aliphatic rings. The van der Waals surface area contributed by atoms with Crippen LogP contribution in [0.1, 0.15) is 36.8 Å². The number of hydrogen-bond donors (Lipinski definition) is 0. The van der Waals surface area contributed by atoms with Gasteiger partial charge < -0.3 is 0 Å². The van der Waals surface area contributed by atoms with Crippen molar-refractivity contribution in [1.29, 1.82) is 0 Å². The minimum Gasteiger partial charge on any atom is -0.266 e. The van der Waals surface area contributed by atoms with Crippen molar-refractivity contribution < 1.29 is 13.2 Å². The molecule has 0 N–H and O–H groups in total. The number of hydrogen-bond acceptors (Lipinski definition) is 4. The predicted octanol–water partition coefficient (Wildman–Crippen LogP) is 3.25. The lowest BCUT2D eigenvalue weighted by atomic mass is 9.90. The summed E-state index contributed by atoms with van der Waals surface area (Å²) in [5.41, 5.74) is 1.97. The molecule has 0 radical (unpaired) electrons. The van der Waals surface area contributed by atoms with E-state index in [9.17, 15) is 13.2 Å². The van der Waals surface area contributed by atoms with E-state index in [-0.39, 0.29) is 11.0 Å². The Hall–Kier alpha value is -2.34. The Morgan fingerprint density at radius 1 is 1.05 bits per heavy atom. The molecule has 1 aromatic carbocycles. The van der Waals surface area contributed by atoms with Gasteiger partial charge in [0.2, 0.25) is 0 Å². The summed E-state index contributed by atoms with van der Waals surface area (Å²) in [6.45, 7) is 6.05. The molecule has 0 bridgehead atoms. The van der Waals surface area contributed by atoms with Crippen LogP contribution < -0.4 is 0 Å². The first-order valence-electron chi connectivity index (χ1n) is 6.71. The van der Waals surface area contributed by atoms with Crippen LogP contribution in [-0.2, 0) is 15.9 Å². The van der Waals surface area contributed by atoms with Gasteiger partial charge in [-0.3, -0.25) is 9.78 Å². The average Bonchev–Trinajstić information content (AvgIpc) is 2.46. The zero-order valence-corrected chi connectivity index (χ0v) is 13.4. The second-order valence-electron chi connectivity index (χ2n) is 5.82. The van der Waals surface area contributed by atoms with Gasteiger partial charge in [0.25, 0.3) is 5.91 Å². The highest BCUT2D eigenvalue weighted by Crippen LogP contribution is 2.27. The lowest BCUT2D eigenvalue weighted by Gasteiger charge is -2.19. The molecule has 6 heteroatoms. The van der Waals surface area contributed by atoms with Gasteiger partial charge in [-0.05, 0) is 12.1 Å². The zero-order valence-electron chi connectivity index (χ0n) is 12.6. The molecule has 2 rings (SSSR count). The van der Waals surface area contributed by atoms with Gasteiger partial charge in [0.05, 0.1) is 11.3 Å². The molecule has 0 fully saturated rings. The molecule has 0 saturated heterocycles. The number of aromatic nitrogens is 1. The number of rotatable bonds is 2. The van der Waals surface area contributed by atoms with Crippen LogP contribution in [0.2, 0.25) is 0 Å². The van der Waals surface area contributed by atoms with Crippen molar-refractivity contribution in [3.63, 3.8) is 0 Å². The molecule has 114 valence electrons. The lowest BCUT2D eigenvalue weighted by molar-refractivity contribution is 0.101. The third-order valence-electron chi connectivity index (χ3n) is 3.10. The first-order valence-corrected chi connectivity index (χ1v) is 7.74. The third-order valence-corrected chi connectivity index (χ3v) is 3.41. The number of amides is 1. The summed E-state index contributed by atoms with van der Waals surface area (Å²) in [6, 6.07) is 12.5. The lowest BCUT2D eigenvalue weighted by Crippen LogP contribution is -2.15. The zero-order chi connectivity index (χ0) is 16.3. The van der Waals surface area contributed by atoms with Gasteiger partial charge in [0.15, 0.2) is 0 Å². The maximum atomic E-state index is 12.0. The Morgan fingerprint density at radius 2 is 1.68 bits per heavy atom. The Kier molecular flexibility index (Phi) is 4.51. The number of carbonyl (C=O) groups is 1. The molecule has 5 nitrogen and oxygen atoms in total. The average molecular weight is 316 g/mol. The molecule has 1 aromatic heterocycles. The highest BCUT2D eigenvalue weighted by molar-refractivity contribution is 7.62. The summed E-state index contributed by atoms with van der Waals surface area (Å²) in [5, 5.41) is 0. The molecule has 0 spiro atoms. The van der Waals surface area contributed by atoms with Crippen LogP contribution in [0.15, 0.2) is 46.8 Å². The SMILES string of the molecule is CC(C)(C)c1ccc(C(=O)N=S(=O)=O)c(-c2ccccc2)n1. The van der Waals surface area contributed by atoms with Crippen LogP contribution in [-0.4, -0.2) is 19.3 Å². The van der Waals surface area contributed by atoms with Crippen LogP contribution in [0.4, 0.5) is 0 Å². The van der Waals surface area contributed by atoms with Crippen LogP contribution in [0.5, 0.6) is 0 Å². The standard InChI is InChI=1S/C16H16N2O3S/c1-16(2,3)13-10-9-12(15(19)18-22(20)21)14(17-13)11-7-5-4-6-8-11/h4-10H,1-3H3. The quantitative estimate of drug-likeness (QED) is 0.852. The summed E-state index contributed by atoms with van der Waals surface area (Å²) in [6.07, 6.45) is 0. The fourth-order valence-corrected chi connectivity index (χ4v) is 2.22. The van der Waals surface area contributed by atoms with Crippen molar-refractivity contribution in [1.82, 2.24) is 4.98 Å². The molecule has 2 aromatic rings. The van der Waals surface area contributed by atoms with Crippen molar-refractivity contribution in [2.24, 2.45) is 4.36 Å². The van der Waals surface area contributed by atoms with E-state index in [4.69, 9.17) is 0 Å². The van der Waals surface area contributed by atoms with Gasteiger partial charge in [-0.2, -0.15) is 8.42 Å². The van der Waals surface area contributed by atoms with Gasteiger partial charge in [-0.25, -0.2) is 0 Å². The van der Waals surface area contributed by atoms with Gasteiger partial charge in [-0.15, -0.1) is 0 Å². The number of carbonyl (C=O) groups excluding carboxylic acids is 1. The largest absolute Gasteiger partial charge is 0.319 e. The second-order valence-corrected chi connectivity index (χ2v) is 6.44. The van der Waals surface area contributed by atoms with Crippen LogP contribution in [0.3, 0.4) is 0 Å². The van der Waals surface area contributed by atoms with Crippen molar-refractivity contribution in [3.05, 3.63) is 53.7 Å². The van der Waals surface area contributed by atoms with Crippen LogP contribution in [0, 0.1) is 0 Å². The van der Waals surface area contributed by atoms with E-state index in [2.05, 4.69) is 9.35 Å². The maximum Gasteiger partial charge on any atom is 0.319 e. The molecule has 1 heterocycles. The fourth-order valence-electron chi connectivity index (χ4n) is 1.98. The Bertz CT molecular complexity index is 827. The first-order chi connectivity index (χ1) is 10.3. The number of nitrogens with zero attached hydrogens (tertiary/aromatic N) is 2. The monoisotopic (exact) mass is 316 g/mol. The van der Waals surface area contributed by atoms with E-state index in [1.807, 2.05) is 51.1 Å². The molecule has 1 amide bonds. The normalized spacial score (nSPS) is 11.0. The molecule has 0 atom stereocenters. The van der Waals surface area contributed by atoms with Gasteiger partial charge >= 0.3 is 10.5 Å². The molecule has 22 heavy (non-hydrogen) atoms. The van der Waals surface area contributed by atoms with Gasteiger partial charge in [-0.1, -0.05) is 55.5 Å². The molecule has 0 saturated carbocycles. The van der Waals surface area contributed by atoms with E-state index >= 15 is 0 Å². The van der Waals surface area contributed by atoms with E-state index < -0.39 is 16.4 Å². The van der Waals surface area contributed by atoms with Crippen LogP contribution in [0.25, 0.3) is 11.3 Å². The van der Waals surface area contributed by atoms with Gasteiger partial charge in [0.1, 0.15) is 0 Å². The van der Waals surface area contributed by atoms with Crippen molar-refractivity contribution in [3.8, 4) is 11.3 Å². The molecule has 0 aliphatic heterocycles. The summed E-state index contributed by atoms with van der Waals surface area (Å²) in [7, 11) is -2.79. The smallest absolute Gasteiger partial charge is 0.266 e. The predicted molar refractivity (Wildman–Crippen MR) is 84.1 cm³/mol. The molecular formula is C16H16N2O3S. The minimum atomic E-state index is -2.79.